The summed E-state index contributed by atoms with van der Waals surface area (Å²) >= 11 is 0. The molecule has 0 unspecified atom stereocenters. The predicted molar refractivity (Wildman–Crippen MR) is 327 cm³/mol. The van der Waals surface area contributed by atoms with Gasteiger partial charge in [0.25, 0.3) is 0 Å². The molecule has 0 radical (unpaired) electrons. The van der Waals surface area contributed by atoms with Crippen molar-refractivity contribution in [2.45, 2.75) is 0 Å². The van der Waals surface area contributed by atoms with Gasteiger partial charge in [0.15, 0.2) is 11.6 Å². The Kier molecular flexibility index (Phi) is 9.06. The van der Waals surface area contributed by atoms with Gasteiger partial charge in [-0.15, -0.1) is 0 Å². The molecule has 0 aliphatic heterocycles. The zero-order chi connectivity index (χ0) is 51.0. The van der Waals surface area contributed by atoms with Crippen LogP contribution in [0.15, 0.2) is 261 Å². The van der Waals surface area contributed by atoms with Gasteiger partial charge in [-0.2, -0.15) is 9.97 Å². The number of fused-ring (bicyclic) bond motifs is 19. The molecule has 17 rings (SSSR count). The topological polar surface area (TPSA) is 48.5 Å². The van der Waals surface area contributed by atoms with Crippen molar-refractivity contribution in [3.63, 3.8) is 0 Å². The van der Waals surface area contributed by atoms with E-state index in [1.54, 1.807) is 0 Å². The molecule has 0 spiro atoms. The van der Waals surface area contributed by atoms with Crippen LogP contribution in [-0.2, 0) is 0 Å². The number of hydrogen-bond acceptors (Lipinski definition) is 3. The summed E-state index contributed by atoms with van der Waals surface area (Å²) in [6, 6.07) is 94.8. The van der Waals surface area contributed by atoms with Crippen molar-refractivity contribution < 1.29 is 0 Å². The highest BCUT2D eigenvalue weighted by molar-refractivity contribution is 6.27. The van der Waals surface area contributed by atoms with Gasteiger partial charge >= 0.3 is 0 Å². The van der Waals surface area contributed by atoms with Crippen LogP contribution in [0.1, 0.15) is 0 Å². The minimum absolute atomic E-state index is 0.559. The van der Waals surface area contributed by atoms with Gasteiger partial charge in [-0.25, -0.2) is 4.98 Å². The van der Waals surface area contributed by atoms with Crippen molar-refractivity contribution in [3.05, 3.63) is 261 Å². The van der Waals surface area contributed by atoms with E-state index in [4.69, 9.17) is 15.0 Å². The molecular weight excluding hydrogens is 947 g/mol. The third kappa shape index (κ3) is 6.33. The highest BCUT2D eigenvalue weighted by Crippen LogP contribution is 2.42. The van der Waals surface area contributed by atoms with E-state index in [0.717, 1.165) is 60.5 Å². The highest BCUT2D eigenvalue weighted by atomic mass is 15.2. The van der Waals surface area contributed by atoms with Crippen molar-refractivity contribution in [3.8, 4) is 45.5 Å². The Labute approximate surface area is 447 Å². The summed E-state index contributed by atoms with van der Waals surface area (Å²) in [7, 11) is 0. The number of aromatic nitrogens is 5. The normalized spacial score (nSPS) is 12.1. The maximum absolute atomic E-state index is 5.50. The van der Waals surface area contributed by atoms with Crippen molar-refractivity contribution >= 4 is 119 Å². The van der Waals surface area contributed by atoms with E-state index in [-0.39, 0.29) is 0 Å². The Morgan fingerprint density at radius 1 is 0.205 bits per heavy atom. The lowest BCUT2D eigenvalue weighted by atomic mass is 9.93. The molecule has 0 amide bonds. The summed E-state index contributed by atoms with van der Waals surface area (Å²) in [5, 5.41) is 21.7. The van der Waals surface area contributed by atoms with Gasteiger partial charge in [0, 0.05) is 38.4 Å². The summed E-state index contributed by atoms with van der Waals surface area (Å²) in [5.74, 6) is 1.77. The van der Waals surface area contributed by atoms with Gasteiger partial charge in [0.2, 0.25) is 5.95 Å². The van der Waals surface area contributed by atoms with Crippen LogP contribution in [0.3, 0.4) is 0 Å². The number of para-hydroxylation sites is 2. The van der Waals surface area contributed by atoms with Crippen LogP contribution in [-0.4, -0.2) is 24.1 Å². The maximum Gasteiger partial charge on any atom is 0.238 e. The van der Waals surface area contributed by atoms with Gasteiger partial charge in [-0.05, 0) is 147 Å². The lowest BCUT2D eigenvalue weighted by molar-refractivity contribution is 0.954. The van der Waals surface area contributed by atoms with E-state index in [1.165, 1.54) is 86.4 Å². The zero-order valence-corrected chi connectivity index (χ0v) is 42.1. The molecule has 17 aromatic rings. The first-order valence-corrected chi connectivity index (χ1v) is 26.7. The maximum atomic E-state index is 5.50. The summed E-state index contributed by atoms with van der Waals surface area (Å²) in [6.45, 7) is 0. The molecule has 0 aliphatic rings. The van der Waals surface area contributed by atoms with Gasteiger partial charge in [-0.3, -0.25) is 4.57 Å². The van der Waals surface area contributed by atoms with Crippen LogP contribution in [0.2, 0.25) is 0 Å². The largest absolute Gasteiger partial charge is 0.309 e. The SMILES string of the molecule is c1ccc2cc(-n3c4ccccc4c4cc(-c5ccc6c(c5)c5ccccc5n6-c5nc(-c6ccc7c8ccccc8c8ccccc8c7c6)nc(-c6ccc7c8ccccc8c8ccccc8c7c6)n5)ccc43)ccc2c1. The molecule has 14 aromatic carbocycles. The number of benzene rings is 14. The highest BCUT2D eigenvalue weighted by Gasteiger charge is 2.21. The molecule has 5 heteroatoms. The Bertz CT molecular complexity index is 5160. The monoisotopic (exact) mass is 989 g/mol. The second kappa shape index (κ2) is 16.5. The fourth-order valence-electron chi connectivity index (χ4n) is 12.9. The van der Waals surface area contributed by atoms with E-state index in [0.29, 0.717) is 17.6 Å². The predicted octanol–water partition coefficient (Wildman–Crippen LogP) is 19.1. The smallest absolute Gasteiger partial charge is 0.238 e. The summed E-state index contributed by atoms with van der Waals surface area (Å²) in [5.41, 5.74) is 9.69. The Morgan fingerprint density at radius 3 is 1.04 bits per heavy atom. The first-order valence-electron chi connectivity index (χ1n) is 26.7. The summed E-state index contributed by atoms with van der Waals surface area (Å²) in [6.07, 6.45) is 0. The van der Waals surface area contributed by atoms with Crippen molar-refractivity contribution in [1.82, 2.24) is 24.1 Å². The van der Waals surface area contributed by atoms with Gasteiger partial charge in [0.1, 0.15) is 0 Å². The molecule has 3 heterocycles. The fourth-order valence-corrected chi connectivity index (χ4v) is 12.9. The average Bonchev–Trinajstić information content (AvgIpc) is 4.20. The standard InChI is InChI=1S/C73H43N5/c1-2-16-45-39-50(34-29-44(45)15-1)77-67-27-13-11-25-61(67)65-40-46(32-37-69(65)77)47-33-38-70-66(41-47)62-26-12-14-28-68(62)78(70)73-75-71(48-30-35-59-55-21-5-3-17-51(55)53-19-7-9-23-57(53)63(59)42-48)74-72(76-73)49-31-36-60-56-22-6-4-18-52(56)54-20-8-10-24-58(54)64(60)43-49/h1-43H. The third-order valence-corrected chi connectivity index (χ3v) is 16.5. The van der Waals surface area contributed by atoms with E-state index in [2.05, 4.69) is 270 Å². The quantitative estimate of drug-likeness (QED) is 0.161. The van der Waals surface area contributed by atoms with Gasteiger partial charge in [-0.1, -0.05) is 200 Å². The summed E-state index contributed by atoms with van der Waals surface area (Å²) < 4.78 is 4.64. The van der Waals surface area contributed by atoms with Crippen molar-refractivity contribution in [1.29, 1.82) is 0 Å². The molecule has 0 fully saturated rings. The number of nitrogens with zero attached hydrogens (tertiary/aromatic N) is 5. The molecule has 0 N–H and O–H groups in total. The minimum atomic E-state index is 0.559. The molecule has 3 aromatic heterocycles. The van der Waals surface area contributed by atoms with E-state index < -0.39 is 0 Å². The molecule has 0 saturated carbocycles. The lowest BCUT2D eigenvalue weighted by Crippen LogP contribution is -2.06. The fraction of sp³-hybridized carbons (Fsp3) is 0. The Balaban J connectivity index is 0.873. The molecule has 0 aliphatic carbocycles. The second-order valence-electron chi connectivity index (χ2n) is 20.7. The molecule has 0 saturated heterocycles. The van der Waals surface area contributed by atoms with Gasteiger partial charge in [0.05, 0.1) is 22.1 Å². The molecular formula is C73H43N5. The first-order chi connectivity index (χ1) is 38.7. The van der Waals surface area contributed by atoms with Crippen LogP contribution in [0.25, 0.3) is 165 Å². The van der Waals surface area contributed by atoms with E-state index >= 15 is 0 Å². The van der Waals surface area contributed by atoms with E-state index in [9.17, 15) is 0 Å². The van der Waals surface area contributed by atoms with Gasteiger partial charge < -0.3 is 4.57 Å². The van der Waals surface area contributed by atoms with Crippen LogP contribution in [0.4, 0.5) is 0 Å². The third-order valence-electron chi connectivity index (χ3n) is 16.5. The van der Waals surface area contributed by atoms with Crippen LogP contribution < -0.4 is 0 Å². The van der Waals surface area contributed by atoms with Crippen molar-refractivity contribution in [2.24, 2.45) is 0 Å². The Morgan fingerprint density at radius 2 is 0.551 bits per heavy atom. The second-order valence-corrected chi connectivity index (χ2v) is 20.7. The molecule has 78 heavy (non-hydrogen) atoms. The first kappa shape index (κ1) is 42.8. The number of hydrogen-bond donors (Lipinski definition) is 0. The minimum Gasteiger partial charge on any atom is -0.309 e. The van der Waals surface area contributed by atoms with Crippen molar-refractivity contribution in [2.75, 3.05) is 0 Å². The molecule has 0 atom stereocenters. The molecule has 0 bridgehead atoms. The molecule has 360 valence electrons. The van der Waals surface area contributed by atoms with E-state index in [1.807, 2.05) is 0 Å². The Hall–Kier alpha value is -10.5. The summed E-state index contributed by atoms with van der Waals surface area (Å²) in [4.78, 5) is 16.4. The lowest BCUT2D eigenvalue weighted by Gasteiger charge is -2.14. The number of rotatable bonds is 5. The zero-order valence-electron chi connectivity index (χ0n) is 42.1. The molecule has 5 nitrogen and oxygen atoms in total. The van der Waals surface area contributed by atoms with Crippen LogP contribution in [0.5, 0.6) is 0 Å². The van der Waals surface area contributed by atoms with Crippen LogP contribution >= 0.6 is 0 Å². The average molecular weight is 990 g/mol. The van der Waals surface area contributed by atoms with Crippen LogP contribution in [0, 0.1) is 0 Å².